The summed E-state index contributed by atoms with van der Waals surface area (Å²) in [7, 11) is 0. The molecule has 6 heteroatoms. The van der Waals surface area contributed by atoms with Crippen molar-refractivity contribution in [3.63, 3.8) is 0 Å². The highest BCUT2D eigenvalue weighted by molar-refractivity contribution is 7.99. The van der Waals surface area contributed by atoms with Gasteiger partial charge in [-0.05, 0) is 118 Å². The summed E-state index contributed by atoms with van der Waals surface area (Å²) in [6.45, 7) is 9.72. The smallest absolute Gasteiger partial charge is 0.264 e. The van der Waals surface area contributed by atoms with Crippen molar-refractivity contribution in [1.29, 1.82) is 0 Å². The maximum absolute atomic E-state index is 2.58. The van der Waals surface area contributed by atoms with E-state index in [2.05, 4.69) is 224 Å². The van der Waals surface area contributed by atoms with Crippen LogP contribution < -0.4 is 30.4 Å². The highest BCUT2D eigenvalue weighted by Crippen LogP contribution is 2.55. The highest BCUT2D eigenvalue weighted by atomic mass is 32.2. The standard InChI is InChI=1S/C56H42BN3S2/c1-55(2)39-22-11-12-23-40(39)56(3,4)42-34-51-38(33-41(42)55)53-54(62-51)57-43-31-30-37-32-48(43)60(47-27-17-26-46(52(47)57)59(53)36-20-9-6-10-21-36)45-25-14-16-29-50(45)61-49-28-15-13-24-44(49)58(37)35-18-7-5-8-19-35/h5-34H,1-4H3. The van der Waals surface area contributed by atoms with Gasteiger partial charge in [0.05, 0.1) is 17.1 Å². The number of para-hydroxylation sites is 4. The van der Waals surface area contributed by atoms with Gasteiger partial charge in [-0.1, -0.05) is 137 Å². The lowest BCUT2D eigenvalue weighted by Gasteiger charge is -2.44. The molecule has 3 nitrogen and oxygen atoms in total. The summed E-state index contributed by atoms with van der Waals surface area (Å²) in [4.78, 5) is 10.0. The quantitative estimate of drug-likeness (QED) is 0.161. The molecule has 4 aliphatic rings. The summed E-state index contributed by atoms with van der Waals surface area (Å²) in [6, 6.07) is 68.3. The van der Waals surface area contributed by atoms with Gasteiger partial charge in [0.25, 0.3) is 6.71 Å². The van der Waals surface area contributed by atoms with Gasteiger partial charge in [0, 0.05) is 69.6 Å². The number of fused-ring (bicyclic) bond motifs is 12. The third-order valence-corrected chi connectivity index (χ3v) is 16.4. The second-order valence-corrected chi connectivity index (χ2v) is 20.3. The van der Waals surface area contributed by atoms with Gasteiger partial charge in [-0.25, -0.2) is 0 Å². The molecule has 1 aromatic heterocycles. The number of rotatable bonds is 2. The third kappa shape index (κ3) is 4.91. The van der Waals surface area contributed by atoms with Crippen LogP contribution in [0.5, 0.6) is 0 Å². The van der Waals surface area contributed by atoms with Crippen LogP contribution in [0.1, 0.15) is 49.9 Å². The second kappa shape index (κ2) is 13.0. The molecule has 0 fully saturated rings. The van der Waals surface area contributed by atoms with Crippen LogP contribution in [0, 0.1) is 0 Å². The predicted molar refractivity (Wildman–Crippen MR) is 265 cm³/mol. The van der Waals surface area contributed by atoms with E-state index in [1.165, 1.54) is 97.6 Å². The molecule has 3 aliphatic heterocycles. The van der Waals surface area contributed by atoms with Gasteiger partial charge in [-0.2, -0.15) is 0 Å². The van der Waals surface area contributed by atoms with Crippen LogP contribution >= 0.6 is 23.1 Å². The summed E-state index contributed by atoms with van der Waals surface area (Å²) < 4.78 is 2.74. The zero-order valence-corrected chi connectivity index (χ0v) is 36.7. The molecule has 0 saturated heterocycles. The van der Waals surface area contributed by atoms with Crippen LogP contribution in [0.25, 0.3) is 10.1 Å². The van der Waals surface area contributed by atoms with Crippen LogP contribution in [0.15, 0.2) is 192 Å². The molecule has 9 aromatic rings. The van der Waals surface area contributed by atoms with E-state index in [0.29, 0.717) is 0 Å². The van der Waals surface area contributed by atoms with Crippen LogP contribution in [0.3, 0.4) is 0 Å². The lowest BCUT2D eigenvalue weighted by Crippen LogP contribution is -2.60. The fourth-order valence-corrected chi connectivity index (χ4v) is 13.6. The van der Waals surface area contributed by atoms with Crippen LogP contribution in [-0.2, 0) is 10.8 Å². The van der Waals surface area contributed by atoms with E-state index in [-0.39, 0.29) is 17.5 Å². The summed E-state index contributed by atoms with van der Waals surface area (Å²) >= 11 is 3.85. The highest BCUT2D eigenvalue weighted by Gasteiger charge is 2.47. The molecule has 0 N–H and O–H groups in total. The minimum absolute atomic E-state index is 0.0318. The Balaban J connectivity index is 1.13. The Kier molecular flexibility index (Phi) is 7.61. The van der Waals surface area contributed by atoms with E-state index >= 15 is 0 Å². The number of hydrogen-bond acceptors (Lipinski definition) is 5. The molecule has 0 radical (unpaired) electrons. The number of nitrogens with zero attached hydrogens (tertiary/aromatic N) is 3. The largest absolute Gasteiger partial charge is 0.310 e. The maximum Gasteiger partial charge on any atom is 0.264 e. The van der Waals surface area contributed by atoms with E-state index in [4.69, 9.17) is 0 Å². The van der Waals surface area contributed by atoms with Crippen molar-refractivity contribution in [1.82, 2.24) is 0 Å². The van der Waals surface area contributed by atoms with Crippen LogP contribution in [-0.4, -0.2) is 6.71 Å². The molecule has 2 bridgehead atoms. The van der Waals surface area contributed by atoms with E-state index in [1.807, 2.05) is 23.1 Å². The van der Waals surface area contributed by atoms with Crippen molar-refractivity contribution in [3.8, 4) is 0 Å². The molecule has 0 atom stereocenters. The van der Waals surface area contributed by atoms with E-state index in [1.54, 1.807) is 0 Å². The molecule has 4 heterocycles. The molecule has 0 spiro atoms. The first kappa shape index (κ1) is 36.2. The van der Waals surface area contributed by atoms with Gasteiger partial charge in [-0.15, -0.1) is 11.3 Å². The molecule has 13 rings (SSSR count). The number of hydrogen-bond donors (Lipinski definition) is 0. The average Bonchev–Trinajstić information content (AvgIpc) is 3.68. The van der Waals surface area contributed by atoms with E-state index < -0.39 is 0 Å². The van der Waals surface area contributed by atoms with Crippen molar-refractivity contribution in [2.45, 2.75) is 48.3 Å². The Labute approximate surface area is 372 Å². The first-order valence-electron chi connectivity index (χ1n) is 21.6. The van der Waals surface area contributed by atoms with Crippen LogP contribution in [0.4, 0.5) is 51.2 Å². The number of thiophene rings is 1. The van der Waals surface area contributed by atoms with Gasteiger partial charge < -0.3 is 14.7 Å². The zero-order chi connectivity index (χ0) is 41.5. The summed E-state index contributed by atoms with van der Waals surface area (Å²) in [5.74, 6) is 0. The third-order valence-electron chi connectivity index (χ3n) is 14.1. The fraction of sp³-hybridized carbons (Fsp3) is 0.107. The van der Waals surface area contributed by atoms with Crippen molar-refractivity contribution in [3.05, 3.63) is 204 Å². The van der Waals surface area contributed by atoms with Gasteiger partial charge in [0.2, 0.25) is 0 Å². The van der Waals surface area contributed by atoms with E-state index in [0.717, 1.165) is 11.4 Å². The predicted octanol–water partition coefficient (Wildman–Crippen LogP) is 13.9. The average molecular weight is 832 g/mol. The number of benzene rings is 8. The first-order valence-corrected chi connectivity index (χ1v) is 23.3. The van der Waals surface area contributed by atoms with Crippen LogP contribution in [0.2, 0.25) is 0 Å². The first-order chi connectivity index (χ1) is 30.3. The van der Waals surface area contributed by atoms with Gasteiger partial charge in [0.1, 0.15) is 0 Å². The van der Waals surface area contributed by atoms with Gasteiger partial charge in [-0.3, -0.25) is 0 Å². The Bertz CT molecular complexity index is 3320. The Morgan fingerprint density at radius 3 is 1.61 bits per heavy atom. The second-order valence-electron chi connectivity index (χ2n) is 18.1. The summed E-state index contributed by atoms with van der Waals surface area (Å²) in [5, 5.41) is 1.33. The van der Waals surface area contributed by atoms with Crippen molar-refractivity contribution < 1.29 is 0 Å². The lowest BCUT2D eigenvalue weighted by molar-refractivity contribution is 0.522. The molecular weight excluding hydrogens is 790 g/mol. The zero-order valence-electron chi connectivity index (χ0n) is 35.1. The molecule has 0 saturated carbocycles. The molecule has 0 unspecified atom stereocenters. The van der Waals surface area contributed by atoms with Crippen molar-refractivity contribution in [2.24, 2.45) is 0 Å². The van der Waals surface area contributed by atoms with Crippen molar-refractivity contribution >= 4 is 107 Å². The molecule has 0 amide bonds. The molecular formula is C56H42BN3S2. The molecule has 296 valence electrons. The minimum atomic E-state index is -0.157. The monoisotopic (exact) mass is 831 g/mol. The fourth-order valence-electron chi connectivity index (χ4n) is 11.2. The van der Waals surface area contributed by atoms with Gasteiger partial charge >= 0.3 is 0 Å². The Morgan fingerprint density at radius 1 is 0.419 bits per heavy atom. The summed E-state index contributed by atoms with van der Waals surface area (Å²) in [6.07, 6.45) is 0. The molecule has 1 aliphatic carbocycles. The van der Waals surface area contributed by atoms with Crippen molar-refractivity contribution in [2.75, 3.05) is 14.7 Å². The van der Waals surface area contributed by atoms with E-state index in [9.17, 15) is 0 Å². The normalized spacial score (nSPS) is 15.8. The topological polar surface area (TPSA) is 9.72 Å². The molecule has 8 aromatic carbocycles. The lowest BCUT2D eigenvalue weighted by atomic mass is 9.36. The summed E-state index contributed by atoms with van der Waals surface area (Å²) in [5.41, 5.74) is 18.9. The number of anilines is 9. The Morgan fingerprint density at radius 2 is 0.952 bits per heavy atom. The molecule has 62 heavy (non-hydrogen) atoms. The van der Waals surface area contributed by atoms with Gasteiger partial charge in [0.15, 0.2) is 0 Å². The SMILES string of the molecule is CC1(C)c2ccccc2C(C)(C)c2cc3c4c(sc3cc21)B1c2ccc3cc2N(c2ccccc2Sc2ccccc2N3c2ccccc2)c2cccc(c21)N4c1ccccc1. The maximum atomic E-state index is 2.58. The minimum Gasteiger partial charge on any atom is -0.310 e. The Hall–Kier alpha value is -6.47.